The molecule has 2 heterocycles. The number of likely N-dealkylation sites (N-methyl/N-ethyl adjacent to an activating group) is 1. The van der Waals surface area contributed by atoms with Gasteiger partial charge in [0.2, 0.25) is 17.4 Å². The molecular formula is C27H28F5N5O5. The number of halogens is 5. The number of hydrogen-bond donors (Lipinski definition) is 2. The number of fused-ring (bicyclic) bond motifs is 1. The van der Waals surface area contributed by atoms with Gasteiger partial charge in [-0.05, 0) is 36.8 Å². The first kappa shape index (κ1) is 29.5. The number of ether oxygens (including phenoxy) is 1. The van der Waals surface area contributed by atoms with Gasteiger partial charge >= 0.3 is 12.1 Å². The quantitative estimate of drug-likeness (QED) is 0.443. The predicted octanol–water partition coefficient (Wildman–Crippen LogP) is 2.63. The van der Waals surface area contributed by atoms with E-state index in [1.165, 1.54) is 7.05 Å². The van der Waals surface area contributed by atoms with Gasteiger partial charge in [-0.25, -0.2) is 8.78 Å². The fraction of sp³-hybridized carbons (Fsp3) is 0.593. The van der Waals surface area contributed by atoms with Crippen LogP contribution in [0.15, 0.2) is 12.1 Å². The molecule has 2 saturated carbocycles. The van der Waals surface area contributed by atoms with Gasteiger partial charge < -0.3 is 25.2 Å². The number of anilines is 1. The molecule has 10 nitrogen and oxygen atoms in total. The molecule has 3 fully saturated rings. The molecule has 5 rings (SSSR count). The fourth-order valence-electron chi connectivity index (χ4n) is 5.51. The van der Waals surface area contributed by atoms with E-state index in [1.807, 2.05) is 6.07 Å². The van der Waals surface area contributed by atoms with Crippen LogP contribution in [0.2, 0.25) is 0 Å². The molecule has 1 aromatic rings. The number of rotatable bonds is 8. The number of nitrogens with zero attached hydrogens (tertiary/aromatic N) is 3. The molecule has 1 spiro atoms. The van der Waals surface area contributed by atoms with Gasteiger partial charge in [0.05, 0.1) is 12.6 Å². The molecule has 0 bridgehead atoms. The van der Waals surface area contributed by atoms with Gasteiger partial charge in [-0.2, -0.15) is 18.4 Å². The van der Waals surface area contributed by atoms with E-state index in [2.05, 4.69) is 5.32 Å². The Bertz CT molecular complexity index is 1360. The van der Waals surface area contributed by atoms with E-state index in [1.54, 1.807) is 5.32 Å². The van der Waals surface area contributed by atoms with E-state index in [4.69, 9.17) is 4.74 Å². The van der Waals surface area contributed by atoms with E-state index in [0.29, 0.717) is 12.8 Å². The number of carbonyl (C=O) groups is 4. The number of likely N-dealkylation sites (tertiary alicyclic amines) is 1. The highest BCUT2D eigenvalue weighted by Crippen LogP contribution is 2.43. The van der Waals surface area contributed by atoms with Crippen molar-refractivity contribution in [2.45, 2.75) is 74.8 Å². The lowest BCUT2D eigenvalue weighted by Gasteiger charge is -2.36. The minimum Gasteiger partial charge on any atom is -0.473 e. The van der Waals surface area contributed by atoms with Gasteiger partial charge in [0, 0.05) is 13.5 Å². The van der Waals surface area contributed by atoms with Gasteiger partial charge in [-0.3, -0.25) is 19.2 Å². The van der Waals surface area contributed by atoms with Crippen molar-refractivity contribution in [1.82, 2.24) is 15.1 Å². The highest BCUT2D eigenvalue weighted by molar-refractivity contribution is 6.02. The van der Waals surface area contributed by atoms with Gasteiger partial charge in [0.1, 0.15) is 29.6 Å². The molecule has 15 heteroatoms. The summed E-state index contributed by atoms with van der Waals surface area (Å²) in [5.74, 6) is -7.47. The molecule has 0 radical (unpaired) electrons. The molecule has 42 heavy (non-hydrogen) atoms. The zero-order valence-corrected chi connectivity index (χ0v) is 22.5. The molecule has 226 valence electrons. The highest BCUT2D eigenvalue weighted by atomic mass is 19.4. The number of benzene rings is 1. The first-order valence-electron chi connectivity index (χ1n) is 13.6. The van der Waals surface area contributed by atoms with Crippen LogP contribution < -0.4 is 15.4 Å². The van der Waals surface area contributed by atoms with Crippen molar-refractivity contribution in [3.05, 3.63) is 23.8 Å². The number of nitriles is 1. The molecule has 2 aliphatic heterocycles. The third-order valence-corrected chi connectivity index (χ3v) is 8.25. The topological polar surface area (TPSA) is 132 Å². The van der Waals surface area contributed by atoms with Crippen LogP contribution in [0.3, 0.4) is 0 Å². The zero-order valence-electron chi connectivity index (χ0n) is 22.5. The Morgan fingerprint density at radius 1 is 1.19 bits per heavy atom. The Morgan fingerprint density at radius 3 is 2.43 bits per heavy atom. The zero-order chi connectivity index (χ0) is 30.6. The van der Waals surface area contributed by atoms with Gasteiger partial charge in [0.25, 0.3) is 5.91 Å². The van der Waals surface area contributed by atoms with Crippen LogP contribution in [0, 0.1) is 34.8 Å². The lowest BCUT2D eigenvalue weighted by molar-refractivity contribution is -0.175. The summed E-state index contributed by atoms with van der Waals surface area (Å²) < 4.78 is 72.8. The lowest BCUT2D eigenvalue weighted by Crippen LogP contribution is -2.58. The van der Waals surface area contributed by atoms with Crippen molar-refractivity contribution in [2.24, 2.45) is 11.8 Å². The third kappa shape index (κ3) is 5.71. The van der Waals surface area contributed by atoms with Crippen molar-refractivity contribution < 1.29 is 45.9 Å². The van der Waals surface area contributed by atoms with Crippen LogP contribution in [0.4, 0.5) is 27.6 Å². The highest BCUT2D eigenvalue weighted by Gasteiger charge is 2.57. The van der Waals surface area contributed by atoms with Crippen molar-refractivity contribution in [1.29, 1.82) is 5.26 Å². The van der Waals surface area contributed by atoms with E-state index >= 15 is 0 Å². The second kappa shape index (κ2) is 10.7. The average molecular weight is 598 g/mol. The van der Waals surface area contributed by atoms with Crippen LogP contribution in [0.25, 0.3) is 0 Å². The molecule has 0 aromatic heterocycles. The standard InChI is InChI=1S/C27H28F5N5O5/c1-36(22(38)17(8-13-2-3-13)34-25(41)27(30,31)32)18(9-14-4-5-14)23(39)37-12-26(10-15(37)11-33)24(40)35-21-19(42-26)7-6-16(28)20(21)29/h6-7,13-15,17-18H,2-5,8-10,12H2,1H3,(H,34,41)(H,35,40)/t15-,17-,18-,26+/m0/s1. The summed E-state index contributed by atoms with van der Waals surface area (Å²) in [6, 6.07) is -0.0514. The minimum absolute atomic E-state index is 0.0203. The number of amides is 4. The van der Waals surface area contributed by atoms with Crippen LogP contribution in [0.1, 0.15) is 44.9 Å². The second-order valence-electron chi connectivity index (χ2n) is 11.4. The summed E-state index contributed by atoms with van der Waals surface area (Å²) in [6.07, 6.45) is -2.46. The molecule has 2 N–H and O–H groups in total. The fourth-order valence-corrected chi connectivity index (χ4v) is 5.51. The Kier molecular flexibility index (Phi) is 7.53. The second-order valence-corrected chi connectivity index (χ2v) is 11.4. The van der Waals surface area contributed by atoms with Crippen molar-refractivity contribution in [3.8, 4) is 11.8 Å². The number of hydrogen-bond acceptors (Lipinski definition) is 6. The molecule has 0 unspecified atom stereocenters. The normalized spacial score (nSPS) is 24.6. The summed E-state index contributed by atoms with van der Waals surface area (Å²) in [4.78, 5) is 54.3. The van der Waals surface area contributed by atoms with E-state index in [-0.39, 0.29) is 36.8 Å². The van der Waals surface area contributed by atoms with Gasteiger partial charge in [0.15, 0.2) is 11.6 Å². The van der Waals surface area contributed by atoms with Crippen molar-refractivity contribution >= 4 is 29.3 Å². The smallest absolute Gasteiger partial charge is 0.471 e. The summed E-state index contributed by atoms with van der Waals surface area (Å²) in [5, 5.41) is 13.9. The molecule has 4 atom stereocenters. The largest absolute Gasteiger partial charge is 0.473 e. The molecule has 1 saturated heterocycles. The van der Waals surface area contributed by atoms with Crippen molar-refractivity contribution in [2.75, 3.05) is 18.9 Å². The summed E-state index contributed by atoms with van der Waals surface area (Å²) in [6.45, 7) is -0.451. The van der Waals surface area contributed by atoms with Gasteiger partial charge in [-0.15, -0.1) is 0 Å². The molecule has 4 aliphatic rings. The molecule has 1 aromatic carbocycles. The molecule has 2 aliphatic carbocycles. The summed E-state index contributed by atoms with van der Waals surface area (Å²) in [7, 11) is 1.26. The Morgan fingerprint density at radius 2 is 1.83 bits per heavy atom. The number of nitrogens with one attached hydrogen (secondary N) is 2. The maximum atomic E-state index is 14.3. The SMILES string of the molecule is CN(C(=O)[C@H](CC1CC1)NC(=O)C(F)(F)F)[C@@H](CC1CC1)C(=O)N1C[C@@]2(C[C@H]1C#N)Oc1ccc(F)c(F)c1NC2=O. The van der Waals surface area contributed by atoms with Gasteiger partial charge in [-0.1, -0.05) is 25.7 Å². The first-order chi connectivity index (χ1) is 19.7. The van der Waals surface area contributed by atoms with Crippen LogP contribution in [0.5, 0.6) is 5.75 Å². The summed E-state index contributed by atoms with van der Waals surface area (Å²) >= 11 is 0. The van der Waals surface area contributed by atoms with E-state index in [0.717, 1.165) is 34.8 Å². The minimum atomic E-state index is -5.21. The first-order valence-corrected chi connectivity index (χ1v) is 13.6. The summed E-state index contributed by atoms with van der Waals surface area (Å²) in [5.41, 5.74) is -2.32. The Hall–Kier alpha value is -3.96. The third-order valence-electron chi connectivity index (χ3n) is 8.25. The Labute approximate surface area is 237 Å². The van der Waals surface area contributed by atoms with E-state index < -0.39 is 77.4 Å². The van der Waals surface area contributed by atoms with Crippen LogP contribution in [-0.4, -0.2) is 76.9 Å². The maximum Gasteiger partial charge on any atom is 0.471 e. The monoisotopic (exact) mass is 597 g/mol. The van der Waals surface area contributed by atoms with Crippen LogP contribution in [-0.2, 0) is 19.2 Å². The lowest BCUT2D eigenvalue weighted by atomic mass is 9.97. The van der Waals surface area contributed by atoms with Crippen LogP contribution >= 0.6 is 0 Å². The predicted molar refractivity (Wildman–Crippen MR) is 133 cm³/mol. The maximum absolute atomic E-state index is 14.3. The molecule has 4 amide bonds. The average Bonchev–Trinajstić information content (AvgIpc) is 3.88. The number of alkyl halides is 3. The molecular weight excluding hydrogens is 569 g/mol. The van der Waals surface area contributed by atoms with E-state index in [9.17, 15) is 46.4 Å². The Balaban J connectivity index is 1.39. The van der Waals surface area contributed by atoms with Crippen molar-refractivity contribution in [3.63, 3.8) is 0 Å². The number of carbonyl (C=O) groups excluding carboxylic acids is 4.